The van der Waals surface area contributed by atoms with Crippen molar-refractivity contribution in [3.63, 3.8) is 0 Å². The summed E-state index contributed by atoms with van der Waals surface area (Å²) >= 11 is 2.63. The predicted octanol–water partition coefficient (Wildman–Crippen LogP) is 3.09. The molecule has 36 heavy (non-hydrogen) atoms. The number of nitrogens with zero attached hydrogens (tertiary/aromatic N) is 4. The molecule has 10 nitrogen and oxygen atoms in total. The van der Waals surface area contributed by atoms with E-state index in [0.29, 0.717) is 41.0 Å². The van der Waals surface area contributed by atoms with E-state index in [-0.39, 0.29) is 17.6 Å². The lowest BCUT2D eigenvalue weighted by Gasteiger charge is -2.17. The monoisotopic (exact) mass is 531 g/mol. The molecule has 0 fully saturated rings. The molecule has 0 saturated heterocycles. The second kappa shape index (κ2) is 11.8. The number of esters is 1. The van der Waals surface area contributed by atoms with Gasteiger partial charge in [-0.05, 0) is 43.7 Å². The number of thioether (sulfide) groups is 1. The van der Waals surface area contributed by atoms with Gasteiger partial charge in [0.1, 0.15) is 10.7 Å². The molecular formula is C24H29N5O5S2. The molecule has 0 bridgehead atoms. The van der Waals surface area contributed by atoms with Crippen LogP contribution in [0.15, 0.2) is 23.1 Å². The fourth-order valence-corrected chi connectivity index (χ4v) is 6.26. The van der Waals surface area contributed by atoms with Gasteiger partial charge in [0, 0.05) is 43.9 Å². The molecule has 2 aromatic heterocycles. The van der Waals surface area contributed by atoms with E-state index in [4.69, 9.17) is 9.47 Å². The van der Waals surface area contributed by atoms with Gasteiger partial charge in [0.2, 0.25) is 5.91 Å². The first-order valence-electron chi connectivity index (χ1n) is 11.7. The van der Waals surface area contributed by atoms with Gasteiger partial charge in [-0.1, -0.05) is 11.8 Å². The molecule has 0 radical (unpaired) electrons. The van der Waals surface area contributed by atoms with Crippen LogP contribution in [0.3, 0.4) is 0 Å². The average molecular weight is 532 g/mol. The Labute approximate surface area is 217 Å². The third-order valence-corrected chi connectivity index (χ3v) is 8.00. The van der Waals surface area contributed by atoms with E-state index in [1.807, 2.05) is 0 Å². The summed E-state index contributed by atoms with van der Waals surface area (Å²) in [5, 5.41) is 8.00. The molecular weight excluding hydrogens is 502 g/mol. The summed E-state index contributed by atoms with van der Waals surface area (Å²) in [6.45, 7) is 0.928. The number of amides is 2. The third kappa shape index (κ3) is 5.88. The molecule has 3 heterocycles. The van der Waals surface area contributed by atoms with Crippen LogP contribution in [-0.2, 0) is 39.0 Å². The first-order valence-corrected chi connectivity index (χ1v) is 13.5. The average Bonchev–Trinajstić information content (AvgIpc) is 3.53. The number of carbonyl (C=O) groups excluding carboxylic acids is 3. The number of ether oxygens (including phenoxy) is 2. The normalized spacial score (nSPS) is 16.3. The second-order valence-corrected chi connectivity index (χ2v) is 10.5. The summed E-state index contributed by atoms with van der Waals surface area (Å²) in [7, 11) is 4.76. The number of hydrogen-bond donors (Lipinski definition) is 1. The Morgan fingerprint density at radius 3 is 2.81 bits per heavy atom. The molecule has 0 atom stereocenters. The summed E-state index contributed by atoms with van der Waals surface area (Å²) in [4.78, 5) is 45.6. The van der Waals surface area contributed by atoms with Crippen LogP contribution in [-0.4, -0.2) is 70.8 Å². The second-order valence-electron chi connectivity index (χ2n) is 8.42. The Morgan fingerprint density at radius 2 is 2.08 bits per heavy atom. The first-order chi connectivity index (χ1) is 17.4. The highest BCUT2D eigenvalue weighted by atomic mass is 32.2. The van der Waals surface area contributed by atoms with Crippen LogP contribution in [0.4, 0.5) is 5.00 Å². The van der Waals surface area contributed by atoms with Crippen molar-refractivity contribution in [2.75, 3.05) is 38.4 Å². The lowest BCUT2D eigenvalue weighted by molar-refractivity contribution is -0.122. The highest BCUT2D eigenvalue weighted by Gasteiger charge is 2.31. The molecule has 0 spiro atoms. The van der Waals surface area contributed by atoms with Gasteiger partial charge in [-0.2, -0.15) is 5.10 Å². The van der Waals surface area contributed by atoms with Gasteiger partial charge in [0.25, 0.3) is 5.91 Å². The Morgan fingerprint density at radius 1 is 1.28 bits per heavy atom. The Balaban J connectivity index is 1.48. The number of amidine groups is 1. The van der Waals surface area contributed by atoms with Crippen LogP contribution in [0, 0.1) is 0 Å². The van der Waals surface area contributed by atoms with Gasteiger partial charge in [-0.3, -0.25) is 19.2 Å². The smallest absolute Gasteiger partial charge is 0.341 e. The van der Waals surface area contributed by atoms with Crippen molar-refractivity contribution < 1.29 is 23.9 Å². The number of aliphatic imine (C=N–C) groups is 1. The summed E-state index contributed by atoms with van der Waals surface area (Å²) < 4.78 is 11.8. The van der Waals surface area contributed by atoms with Crippen molar-refractivity contribution in [1.82, 2.24) is 14.7 Å². The van der Waals surface area contributed by atoms with Crippen molar-refractivity contribution >= 4 is 57.1 Å². The van der Waals surface area contributed by atoms with E-state index in [1.165, 1.54) is 30.2 Å². The van der Waals surface area contributed by atoms with E-state index in [0.717, 1.165) is 41.7 Å². The number of hydrogen-bond acceptors (Lipinski definition) is 9. The summed E-state index contributed by atoms with van der Waals surface area (Å²) in [6.07, 6.45) is 9.56. The van der Waals surface area contributed by atoms with E-state index < -0.39 is 5.97 Å². The van der Waals surface area contributed by atoms with Crippen LogP contribution in [0.1, 0.15) is 45.6 Å². The standard InChI is InChI=1S/C24H29N5O5S2/c1-28-13-15(12-25-28)11-17-22(31)29(9-6-10-33-2)24(26-17)35-14-19(30)27-21-20(23(32)34-3)16-7-4-5-8-18(16)36-21/h11-13H,4-10,14H2,1-3H3,(H,27,30). The number of thiophene rings is 1. The van der Waals surface area contributed by atoms with Crippen LogP contribution in [0.5, 0.6) is 0 Å². The first kappa shape index (κ1) is 26.1. The van der Waals surface area contributed by atoms with Gasteiger partial charge in [-0.25, -0.2) is 9.79 Å². The summed E-state index contributed by atoms with van der Waals surface area (Å²) in [5.74, 6) is -0.897. The van der Waals surface area contributed by atoms with Gasteiger partial charge in [0.05, 0.1) is 24.6 Å². The molecule has 0 saturated carbocycles. The van der Waals surface area contributed by atoms with Gasteiger partial charge >= 0.3 is 5.97 Å². The maximum atomic E-state index is 13.0. The quantitative estimate of drug-likeness (QED) is 0.300. The van der Waals surface area contributed by atoms with E-state index in [2.05, 4.69) is 15.4 Å². The maximum absolute atomic E-state index is 13.0. The fourth-order valence-electron chi connectivity index (χ4n) is 4.14. The number of nitrogens with one attached hydrogen (secondary N) is 1. The third-order valence-electron chi connectivity index (χ3n) is 5.82. The number of rotatable bonds is 9. The largest absolute Gasteiger partial charge is 0.465 e. The van der Waals surface area contributed by atoms with E-state index >= 15 is 0 Å². The van der Waals surface area contributed by atoms with Gasteiger partial charge in [-0.15, -0.1) is 11.3 Å². The SMILES string of the molecule is COCCCN1C(=O)C(=Cc2cnn(C)c2)N=C1SCC(=O)Nc1sc2c(c1C(=O)OC)CCCC2. The molecule has 192 valence electrons. The van der Waals surface area contributed by atoms with Crippen molar-refractivity contribution in [3.05, 3.63) is 39.7 Å². The topological polar surface area (TPSA) is 115 Å². The lowest BCUT2D eigenvalue weighted by atomic mass is 9.95. The molecule has 4 rings (SSSR count). The van der Waals surface area contributed by atoms with E-state index in [1.54, 1.807) is 42.2 Å². The zero-order chi connectivity index (χ0) is 25.7. The minimum atomic E-state index is -0.433. The molecule has 2 amide bonds. The Hall–Kier alpha value is -2.96. The van der Waals surface area contributed by atoms with Crippen LogP contribution in [0.25, 0.3) is 6.08 Å². The number of carbonyl (C=O) groups is 3. The zero-order valence-electron chi connectivity index (χ0n) is 20.5. The number of aromatic nitrogens is 2. The van der Waals surface area contributed by atoms with Crippen molar-refractivity contribution in [2.24, 2.45) is 12.0 Å². The molecule has 2 aromatic rings. The molecule has 1 aliphatic carbocycles. The summed E-state index contributed by atoms with van der Waals surface area (Å²) in [6, 6.07) is 0. The van der Waals surface area contributed by atoms with Crippen LogP contribution in [0.2, 0.25) is 0 Å². The molecule has 2 aliphatic rings. The van der Waals surface area contributed by atoms with Crippen LogP contribution >= 0.6 is 23.1 Å². The minimum Gasteiger partial charge on any atom is -0.465 e. The number of aryl methyl sites for hydroxylation is 2. The summed E-state index contributed by atoms with van der Waals surface area (Å²) in [5.41, 5.74) is 2.51. The minimum absolute atomic E-state index is 0.0379. The number of fused-ring (bicyclic) bond motifs is 1. The van der Waals surface area contributed by atoms with Crippen molar-refractivity contribution in [1.29, 1.82) is 0 Å². The molecule has 12 heteroatoms. The molecule has 1 N–H and O–H groups in total. The van der Waals surface area contributed by atoms with Gasteiger partial charge in [0.15, 0.2) is 5.17 Å². The zero-order valence-corrected chi connectivity index (χ0v) is 22.2. The molecule has 1 aliphatic heterocycles. The lowest BCUT2D eigenvalue weighted by Crippen LogP contribution is -2.32. The number of anilines is 1. The fraction of sp³-hybridized carbons (Fsp3) is 0.458. The number of methoxy groups -OCH3 is 2. The maximum Gasteiger partial charge on any atom is 0.341 e. The highest BCUT2D eigenvalue weighted by molar-refractivity contribution is 8.14. The van der Waals surface area contributed by atoms with Crippen molar-refractivity contribution in [2.45, 2.75) is 32.1 Å². The predicted molar refractivity (Wildman–Crippen MR) is 140 cm³/mol. The van der Waals surface area contributed by atoms with Crippen LogP contribution < -0.4 is 5.32 Å². The van der Waals surface area contributed by atoms with E-state index in [9.17, 15) is 14.4 Å². The van der Waals surface area contributed by atoms with Gasteiger partial charge < -0.3 is 14.8 Å². The Bertz CT molecular complexity index is 1220. The highest BCUT2D eigenvalue weighted by Crippen LogP contribution is 2.38. The Kier molecular flexibility index (Phi) is 8.60. The molecule has 0 aromatic carbocycles. The molecule has 0 unspecified atom stereocenters. The van der Waals surface area contributed by atoms with Crippen molar-refractivity contribution in [3.8, 4) is 0 Å².